The topological polar surface area (TPSA) is 97.4 Å². The minimum atomic E-state index is -0.836. The monoisotopic (exact) mass is 467 g/mol. The number of ether oxygens (including phenoxy) is 3. The number of hydrogen-bond acceptors (Lipinski definition) is 6. The SMILES string of the molecule is COCC(=O)Nc1cccc(C2OC(=O)N(Cc3ccc(C)cc3)C2C(=O)N2CCOCC2)c1. The number of aryl methyl sites for hydroxylation is 1. The highest BCUT2D eigenvalue weighted by molar-refractivity contribution is 5.92. The number of amides is 3. The molecule has 2 heterocycles. The first-order chi connectivity index (χ1) is 16.5. The highest BCUT2D eigenvalue weighted by Gasteiger charge is 2.48. The maximum atomic E-state index is 13.6. The third-order valence-electron chi connectivity index (χ3n) is 5.91. The van der Waals surface area contributed by atoms with Crippen molar-refractivity contribution in [3.63, 3.8) is 0 Å². The first kappa shape index (κ1) is 23.7. The fourth-order valence-electron chi connectivity index (χ4n) is 4.18. The molecule has 2 aromatic rings. The van der Waals surface area contributed by atoms with Crippen LogP contribution < -0.4 is 5.32 Å². The Morgan fingerprint density at radius 2 is 1.85 bits per heavy atom. The van der Waals surface area contributed by atoms with Crippen molar-refractivity contribution in [3.05, 3.63) is 65.2 Å². The lowest BCUT2D eigenvalue weighted by Gasteiger charge is -2.33. The summed E-state index contributed by atoms with van der Waals surface area (Å²) in [7, 11) is 1.44. The molecule has 2 aliphatic heterocycles. The normalized spacial score (nSPS) is 20.2. The lowest BCUT2D eigenvalue weighted by Crippen LogP contribution is -2.51. The van der Waals surface area contributed by atoms with Crippen molar-refractivity contribution in [1.82, 2.24) is 9.80 Å². The van der Waals surface area contributed by atoms with Crippen molar-refractivity contribution >= 4 is 23.6 Å². The lowest BCUT2D eigenvalue weighted by atomic mass is 9.99. The Bertz CT molecular complexity index is 1040. The van der Waals surface area contributed by atoms with E-state index < -0.39 is 18.2 Å². The van der Waals surface area contributed by atoms with Crippen molar-refractivity contribution in [2.24, 2.45) is 0 Å². The Labute approximate surface area is 198 Å². The van der Waals surface area contributed by atoms with Gasteiger partial charge in [0.15, 0.2) is 12.1 Å². The average molecular weight is 468 g/mol. The van der Waals surface area contributed by atoms with Crippen LogP contribution in [-0.4, -0.2) is 73.8 Å². The summed E-state index contributed by atoms with van der Waals surface area (Å²) < 4.78 is 16.0. The number of cyclic esters (lactones) is 1. The standard InChI is InChI=1S/C25H29N3O6/c1-17-6-8-18(9-7-17)15-28-22(24(30)27-10-12-33-13-11-27)23(34-25(28)31)19-4-3-5-20(14-19)26-21(29)16-32-2/h3-9,14,22-23H,10-13,15-16H2,1-2H3,(H,26,29). The summed E-state index contributed by atoms with van der Waals surface area (Å²) in [5.41, 5.74) is 3.18. The third kappa shape index (κ3) is 5.37. The zero-order valence-electron chi connectivity index (χ0n) is 19.4. The molecule has 180 valence electrons. The van der Waals surface area contributed by atoms with Gasteiger partial charge >= 0.3 is 6.09 Å². The van der Waals surface area contributed by atoms with Crippen LogP contribution in [0.3, 0.4) is 0 Å². The van der Waals surface area contributed by atoms with Gasteiger partial charge in [-0.2, -0.15) is 0 Å². The molecule has 2 unspecified atom stereocenters. The molecule has 2 saturated heterocycles. The molecule has 4 rings (SSSR count). The van der Waals surface area contributed by atoms with E-state index in [1.807, 2.05) is 31.2 Å². The molecule has 34 heavy (non-hydrogen) atoms. The smallest absolute Gasteiger partial charge is 0.411 e. The predicted octanol–water partition coefficient (Wildman–Crippen LogP) is 2.50. The molecule has 2 aliphatic rings. The summed E-state index contributed by atoms with van der Waals surface area (Å²) in [5.74, 6) is -0.481. The molecule has 0 aliphatic carbocycles. The van der Waals surface area contributed by atoms with Crippen LogP contribution in [-0.2, 0) is 30.3 Å². The summed E-state index contributed by atoms with van der Waals surface area (Å²) in [4.78, 5) is 41.8. The number of nitrogens with one attached hydrogen (secondary N) is 1. The average Bonchev–Trinajstić information content (AvgIpc) is 3.16. The minimum absolute atomic E-state index is 0.0783. The van der Waals surface area contributed by atoms with E-state index in [0.29, 0.717) is 37.6 Å². The van der Waals surface area contributed by atoms with E-state index in [9.17, 15) is 14.4 Å². The Balaban J connectivity index is 1.63. The van der Waals surface area contributed by atoms with Gasteiger partial charge in [-0.05, 0) is 30.2 Å². The molecule has 2 atom stereocenters. The first-order valence-electron chi connectivity index (χ1n) is 11.2. The highest BCUT2D eigenvalue weighted by Crippen LogP contribution is 2.36. The van der Waals surface area contributed by atoms with Crippen LogP contribution in [0.2, 0.25) is 0 Å². The van der Waals surface area contributed by atoms with E-state index in [-0.39, 0.29) is 25.0 Å². The largest absolute Gasteiger partial charge is 0.438 e. The second kappa shape index (κ2) is 10.7. The van der Waals surface area contributed by atoms with E-state index in [2.05, 4.69) is 5.32 Å². The van der Waals surface area contributed by atoms with Crippen molar-refractivity contribution in [2.45, 2.75) is 25.6 Å². The maximum Gasteiger partial charge on any atom is 0.411 e. The van der Waals surface area contributed by atoms with Gasteiger partial charge in [0.1, 0.15) is 6.61 Å². The molecule has 3 amide bonds. The molecule has 1 N–H and O–H groups in total. The van der Waals surface area contributed by atoms with Crippen molar-refractivity contribution in [2.75, 3.05) is 45.3 Å². The van der Waals surface area contributed by atoms with Crippen LogP contribution in [0.4, 0.5) is 10.5 Å². The Morgan fingerprint density at radius 1 is 1.12 bits per heavy atom. The first-order valence-corrected chi connectivity index (χ1v) is 11.2. The molecule has 9 heteroatoms. The summed E-state index contributed by atoms with van der Waals surface area (Å²) in [6, 6.07) is 14.0. The van der Waals surface area contributed by atoms with Crippen molar-refractivity contribution < 1.29 is 28.6 Å². The van der Waals surface area contributed by atoms with Gasteiger partial charge < -0.3 is 24.4 Å². The van der Waals surface area contributed by atoms with Crippen LogP contribution in [0.25, 0.3) is 0 Å². The second-order valence-electron chi connectivity index (χ2n) is 8.41. The number of nitrogens with zero attached hydrogens (tertiary/aromatic N) is 2. The molecule has 0 aromatic heterocycles. The van der Waals surface area contributed by atoms with Crippen LogP contribution in [0.15, 0.2) is 48.5 Å². The quantitative estimate of drug-likeness (QED) is 0.672. The molecule has 2 aromatic carbocycles. The van der Waals surface area contributed by atoms with Gasteiger partial charge in [0.2, 0.25) is 11.8 Å². The van der Waals surface area contributed by atoms with Gasteiger partial charge in [0.25, 0.3) is 0 Å². The number of hydrogen-bond donors (Lipinski definition) is 1. The second-order valence-corrected chi connectivity index (χ2v) is 8.41. The van der Waals surface area contributed by atoms with Crippen LogP contribution in [0.5, 0.6) is 0 Å². The van der Waals surface area contributed by atoms with Crippen molar-refractivity contribution in [3.8, 4) is 0 Å². The van der Waals surface area contributed by atoms with Gasteiger partial charge in [-0.3, -0.25) is 14.5 Å². The van der Waals surface area contributed by atoms with E-state index in [1.165, 1.54) is 12.0 Å². The Kier molecular flexibility index (Phi) is 7.44. The molecule has 0 radical (unpaired) electrons. The fourth-order valence-corrected chi connectivity index (χ4v) is 4.18. The van der Waals surface area contributed by atoms with E-state index in [4.69, 9.17) is 14.2 Å². The van der Waals surface area contributed by atoms with E-state index in [0.717, 1.165) is 11.1 Å². The zero-order valence-corrected chi connectivity index (χ0v) is 19.4. The predicted molar refractivity (Wildman–Crippen MR) is 124 cm³/mol. The summed E-state index contributed by atoms with van der Waals surface area (Å²) in [6.45, 7) is 4.00. The molecule has 2 fully saturated rings. The van der Waals surface area contributed by atoms with Gasteiger partial charge in [-0.15, -0.1) is 0 Å². The van der Waals surface area contributed by atoms with Crippen molar-refractivity contribution in [1.29, 1.82) is 0 Å². The van der Waals surface area contributed by atoms with Gasteiger partial charge in [-0.1, -0.05) is 42.0 Å². The van der Waals surface area contributed by atoms with E-state index in [1.54, 1.807) is 29.2 Å². The molecule has 0 spiro atoms. The molecule has 9 nitrogen and oxygen atoms in total. The maximum absolute atomic E-state index is 13.6. The fraction of sp³-hybridized carbons (Fsp3) is 0.400. The molecular formula is C25H29N3O6. The van der Waals surface area contributed by atoms with Crippen LogP contribution in [0, 0.1) is 6.92 Å². The van der Waals surface area contributed by atoms with Gasteiger partial charge in [0, 0.05) is 25.9 Å². The number of carbonyl (C=O) groups is 3. The zero-order chi connectivity index (χ0) is 24.1. The minimum Gasteiger partial charge on any atom is -0.438 e. The Morgan fingerprint density at radius 3 is 2.56 bits per heavy atom. The number of benzene rings is 2. The van der Waals surface area contributed by atoms with E-state index >= 15 is 0 Å². The molecule has 0 saturated carbocycles. The third-order valence-corrected chi connectivity index (χ3v) is 5.91. The number of anilines is 1. The number of rotatable bonds is 7. The van der Waals surface area contributed by atoms with Gasteiger partial charge in [-0.25, -0.2) is 4.79 Å². The molecule has 0 bridgehead atoms. The lowest BCUT2D eigenvalue weighted by molar-refractivity contribution is -0.141. The van der Waals surface area contributed by atoms with Crippen LogP contribution in [0.1, 0.15) is 22.8 Å². The van der Waals surface area contributed by atoms with Gasteiger partial charge in [0.05, 0.1) is 19.8 Å². The number of carbonyl (C=O) groups excluding carboxylic acids is 3. The number of methoxy groups -OCH3 is 1. The summed E-state index contributed by atoms with van der Waals surface area (Å²) >= 11 is 0. The summed E-state index contributed by atoms with van der Waals surface area (Å²) in [5, 5.41) is 2.75. The summed E-state index contributed by atoms with van der Waals surface area (Å²) in [6.07, 6.45) is -1.36. The van der Waals surface area contributed by atoms with Crippen LogP contribution >= 0.6 is 0 Å². The Hall–Kier alpha value is -3.43. The highest BCUT2D eigenvalue weighted by atomic mass is 16.6. The number of morpholine rings is 1. The molecular weight excluding hydrogens is 438 g/mol.